The van der Waals surface area contributed by atoms with Crippen LogP contribution in [0.2, 0.25) is 0 Å². The van der Waals surface area contributed by atoms with Gasteiger partial charge in [-0.15, -0.1) is 0 Å². The molecule has 0 bridgehead atoms. The zero-order chi connectivity index (χ0) is 16.4. The van der Waals surface area contributed by atoms with E-state index in [4.69, 9.17) is 4.74 Å². The molecule has 2 saturated carbocycles. The van der Waals surface area contributed by atoms with Crippen molar-refractivity contribution >= 4 is 11.8 Å². The van der Waals surface area contributed by atoms with Crippen LogP contribution in [0, 0.1) is 17.3 Å². The van der Waals surface area contributed by atoms with E-state index in [1.54, 1.807) is 0 Å². The van der Waals surface area contributed by atoms with Crippen LogP contribution in [0.25, 0.3) is 0 Å². The van der Waals surface area contributed by atoms with Crippen molar-refractivity contribution < 1.29 is 14.3 Å². The molecule has 22 heavy (non-hydrogen) atoms. The molecular weight excluding hydrogens is 276 g/mol. The van der Waals surface area contributed by atoms with Crippen LogP contribution < -0.4 is 0 Å². The lowest BCUT2D eigenvalue weighted by molar-refractivity contribution is -0.154. The van der Waals surface area contributed by atoms with Crippen molar-refractivity contribution in [3.63, 3.8) is 0 Å². The molecule has 2 rings (SSSR count). The van der Waals surface area contributed by atoms with Crippen molar-refractivity contribution in [1.82, 2.24) is 0 Å². The Labute approximate surface area is 135 Å². The summed E-state index contributed by atoms with van der Waals surface area (Å²) in [7, 11) is 0. The maximum atomic E-state index is 12.1. The molecule has 2 aliphatic carbocycles. The second-order valence-corrected chi connectivity index (χ2v) is 8.25. The smallest absolute Gasteiger partial charge is 0.303 e. The average Bonchev–Trinajstić information content (AvgIpc) is 2.71. The van der Waals surface area contributed by atoms with Crippen LogP contribution in [-0.2, 0) is 14.3 Å². The number of ketones is 1. The van der Waals surface area contributed by atoms with Crippen molar-refractivity contribution in [1.29, 1.82) is 0 Å². The molecule has 2 aliphatic rings. The number of unbranched alkanes of at least 4 members (excludes halogenated alkanes) is 1. The van der Waals surface area contributed by atoms with E-state index in [1.165, 1.54) is 32.6 Å². The Kier molecular flexibility index (Phi) is 5.34. The molecule has 0 aromatic rings. The largest absolute Gasteiger partial charge is 0.460 e. The molecule has 3 nitrogen and oxygen atoms in total. The minimum absolute atomic E-state index is 0.197. The lowest BCUT2D eigenvalue weighted by Gasteiger charge is -2.40. The number of carbonyl (C=O) groups excluding carboxylic acids is 2. The van der Waals surface area contributed by atoms with E-state index in [0.717, 1.165) is 32.1 Å². The minimum Gasteiger partial charge on any atom is -0.460 e. The van der Waals surface area contributed by atoms with Gasteiger partial charge in [0.1, 0.15) is 11.4 Å². The maximum Gasteiger partial charge on any atom is 0.303 e. The molecule has 2 fully saturated rings. The number of esters is 1. The van der Waals surface area contributed by atoms with Gasteiger partial charge in [-0.1, -0.05) is 13.3 Å². The van der Waals surface area contributed by atoms with E-state index < -0.39 is 0 Å². The monoisotopic (exact) mass is 308 g/mol. The van der Waals surface area contributed by atoms with Crippen LogP contribution in [0.1, 0.15) is 85.5 Å². The first-order chi connectivity index (χ1) is 10.2. The fourth-order valence-electron chi connectivity index (χ4n) is 4.89. The summed E-state index contributed by atoms with van der Waals surface area (Å²) in [5.74, 6) is 1.37. The van der Waals surface area contributed by atoms with E-state index in [-0.39, 0.29) is 17.0 Å². The van der Waals surface area contributed by atoms with Crippen molar-refractivity contribution in [3.05, 3.63) is 0 Å². The summed E-state index contributed by atoms with van der Waals surface area (Å²) < 4.78 is 5.35. The fourth-order valence-corrected chi connectivity index (χ4v) is 4.89. The Bertz CT molecular complexity index is 426. The quantitative estimate of drug-likeness (QED) is 0.529. The molecule has 0 saturated heterocycles. The second kappa shape index (κ2) is 6.72. The number of ether oxygens (including phenoxy) is 1. The van der Waals surface area contributed by atoms with Gasteiger partial charge in [0.2, 0.25) is 0 Å². The zero-order valence-corrected chi connectivity index (χ0v) is 14.7. The van der Waals surface area contributed by atoms with Gasteiger partial charge in [-0.05, 0) is 70.1 Å². The molecule has 0 heterocycles. The van der Waals surface area contributed by atoms with E-state index in [2.05, 4.69) is 6.92 Å². The third-order valence-electron chi connectivity index (χ3n) is 6.06. The highest BCUT2D eigenvalue weighted by atomic mass is 16.6. The Morgan fingerprint density at radius 3 is 2.73 bits per heavy atom. The fraction of sp³-hybridized carbons (Fsp3) is 0.895. The standard InChI is InChI=1S/C19H32O3/c1-14(20)22-18(2,3)12-6-5-8-15-10-11-16-17(21)9-7-13-19(15,16)4/h15-16H,5-13H2,1-4H3/t15-,16-,19?/m0/s1. The van der Waals surface area contributed by atoms with Gasteiger partial charge in [0.15, 0.2) is 0 Å². The summed E-state index contributed by atoms with van der Waals surface area (Å²) >= 11 is 0. The van der Waals surface area contributed by atoms with Crippen molar-refractivity contribution in [3.8, 4) is 0 Å². The minimum atomic E-state index is -0.352. The molecule has 0 N–H and O–H groups in total. The van der Waals surface area contributed by atoms with E-state index in [9.17, 15) is 9.59 Å². The van der Waals surface area contributed by atoms with Gasteiger partial charge >= 0.3 is 5.97 Å². The van der Waals surface area contributed by atoms with Gasteiger partial charge < -0.3 is 4.74 Å². The summed E-state index contributed by atoms with van der Waals surface area (Å²) in [6.07, 6.45) is 9.85. The van der Waals surface area contributed by atoms with Gasteiger partial charge in [0.05, 0.1) is 0 Å². The SMILES string of the molecule is CC(=O)OC(C)(C)CCCC[C@H]1CC[C@H]2C(=O)CCCC12C. The first kappa shape index (κ1) is 17.5. The Hall–Kier alpha value is -0.860. The number of carbonyl (C=O) groups is 2. The van der Waals surface area contributed by atoms with Crippen LogP contribution in [-0.4, -0.2) is 17.4 Å². The van der Waals surface area contributed by atoms with Crippen LogP contribution in [0.15, 0.2) is 0 Å². The summed E-state index contributed by atoms with van der Waals surface area (Å²) in [5, 5.41) is 0. The highest BCUT2D eigenvalue weighted by Crippen LogP contribution is 2.55. The topological polar surface area (TPSA) is 43.4 Å². The van der Waals surface area contributed by atoms with Crippen LogP contribution >= 0.6 is 0 Å². The maximum absolute atomic E-state index is 12.1. The van der Waals surface area contributed by atoms with Crippen LogP contribution in [0.4, 0.5) is 0 Å². The normalized spacial score (nSPS) is 31.9. The summed E-state index contributed by atoms with van der Waals surface area (Å²) in [5.41, 5.74) is -0.0878. The molecule has 0 amide bonds. The van der Waals surface area contributed by atoms with Crippen molar-refractivity contribution in [2.75, 3.05) is 0 Å². The second-order valence-electron chi connectivity index (χ2n) is 8.25. The Morgan fingerprint density at radius 2 is 2.05 bits per heavy atom. The predicted octanol–water partition coefficient (Wildman–Crippen LogP) is 4.67. The number of rotatable bonds is 6. The molecule has 0 aromatic heterocycles. The van der Waals surface area contributed by atoms with Gasteiger partial charge in [0, 0.05) is 19.3 Å². The lowest BCUT2D eigenvalue weighted by Crippen LogP contribution is -2.37. The summed E-state index contributed by atoms with van der Waals surface area (Å²) in [4.78, 5) is 23.2. The van der Waals surface area contributed by atoms with Crippen LogP contribution in [0.3, 0.4) is 0 Å². The highest BCUT2D eigenvalue weighted by Gasteiger charge is 2.50. The highest BCUT2D eigenvalue weighted by molar-refractivity contribution is 5.83. The van der Waals surface area contributed by atoms with Crippen molar-refractivity contribution in [2.45, 2.75) is 91.1 Å². The molecule has 126 valence electrons. The summed E-state index contributed by atoms with van der Waals surface area (Å²) in [6.45, 7) is 7.80. The molecule has 1 unspecified atom stereocenters. The first-order valence-corrected chi connectivity index (χ1v) is 8.97. The third kappa shape index (κ3) is 3.91. The van der Waals surface area contributed by atoms with Gasteiger partial charge in [0.25, 0.3) is 0 Å². The van der Waals surface area contributed by atoms with E-state index in [0.29, 0.717) is 17.6 Å². The van der Waals surface area contributed by atoms with Gasteiger partial charge in [-0.25, -0.2) is 0 Å². The number of Topliss-reactive ketones (excluding diaryl/α,β-unsaturated/α-hetero) is 1. The molecule has 0 aliphatic heterocycles. The molecule has 0 aromatic carbocycles. The Morgan fingerprint density at radius 1 is 1.32 bits per heavy atom. The predicted molar refractivity (Wildman–Crippen MR) is 87.5 cm³/mol. The number of hydrogen-bond donors (Lipinski definition) is 0. The molecule has 3 heteroatoms. The van der Waals surface area contributed by atoms with E-state index in [1.807, 2.05) is 13.8 Å². The van der Waals surface area contributed by atoms with E-state index >= 15 is 0 Å². The average molecular weight is 308 g/mol. The lowest BCUT2D eigenvalue weighted by atomic mass is 9.64. The zero-order valence-electron chi connectivity index (χ0n) is 14.7. The summed E-state index contributed by atoms with van der Waals surface area (Å²) in [6, 6.07) is 0. The Balaban J connectivity index is 1.78. The van der Waals surface area contributed by atoms with Gasteiger partial charge in [-0.2, -0.15) is 0 Å². The van der Waals surface area contributed by atoms with Gasteiger partial charge in [-0.3, -0.25) is 9.59 Å². The first-order valence-electron chi connectivity index (χ1n) is 8.97. The number of hydrogen-bond acceptors (Lipinski definition) is 3. The molecule has 0 radical (unpaired) electrons. The number of fused-ring (bicyclic) bond motifs is 1. The molecular formula is C19H32O3. The third-order valence-corrected chi connectivity index (χ3v) is 6.06. The molecule has 3 atom stereocenters. The van der Waals surface area contributed by atoms with Crippen molar-refractivity contribution in [2.24, 2.45) is 17.3 Å². The molecule has 0 spiro atoms. The van der Waals surface area contributed by atoms with Crippen LogP contribution in [0.5, 0.6) is 0 Å².